The molecule has 6 heteroatoms. The molecule has 288 valence electrons. The zero-order valence-electron chi connectivity index (χ0n) is 32.9. The Balaban J connectivity index is 0.753. The fourth-order valence-electron chi connectivity index (χ4n) is 9.30. The number of hydrogen-bond acceptors (Lipinski definition) is 6. The minimum Gasteiger partial charge on any atom is -0.379 e. The van der Waals surface area contributed by atoms with E-state index in [1.165, 1.54) is 50.3 Å². The summed E-state index contributed by atoms with van der Waals surface area (Å²) < 4.78 is 0. The van der Waals surface area contributed by atoms with Crippen molar-refractivity contribution in [2.24, 2.45) is 0 Å². The molecule has 1 aromatic heterocycles. The van der Waals surface area contributed by atoms with Gasteiger partial charge in [-0.3, -0.25) is 0 Å². The Morgan fingerprint density at radius 3 is 2.15 bits per heavy atom. The van der Waals surface area contributed by atoms with Crippen LogP contribution in [0.15, 0.2) is 169 Å². The average molecular weight is 775 g/mol. The van der Waals surface area contributed by atoms with Crippen LogP contribution in [-0.4, -0.2) is 29.7 Å². The van der Waals surface area contributed by atoms with Gasteiger partial charge in [-0.25, -0.2) is 4.98 Å². The van der Waals surface area contributed by atoms with Gasteiger partial charge in [0, 0.05) is 28.9 Å². The number of nitrogens with zero attached hydrogens (tertiary/aromatic N) is 1. The van der Waals surface area contributed by atoms with E-state index >= 15 is 0 Å². The number of allylic oxidation sites excluding steroid dienone is 4. The third-order valence-electron chi connectivity index (χ3n) is 12.6. The molecular weight excluding hydrogens is 733 g/mol. The van der Waals surface area contributed by atoms with Crippen LogP contribution in [0.1, 0.15) is 45.0 Å². The van der Waals surface area contributed by atoms with Crippen molar-refractivity contribution in [1.82, 2.24) is 10.3 Å². The number of dihydropyridines is 1. The lowest BCUT2D eigenvalue weighted by Crippen LogP contribution is -2.39. The highest BCUT2D eigenvalue weighted by Crippen LogP contribution is 2.40. The molecule has 5 N–H and O–H groups in total. The van der Waals surface area contributed by atoms with Crippen molar-refractivity contribution >= 4 is 69.2 Å². The molecule has 60 heavy (non-hydrogen) atoms. The SMILES string of the molecule is C1=Cc2ccc3c(c2NC1)NC(C1C=Cc2ccc(C4=CC=C5C=CC(c6ccc(-c7ccc8ccc9c(c8n7)NC(c7ccccc7)C=C9)cc6)=CC5N4)cc2N1)C=C3. The van der Waals surface area contributed by atoms with Crippen LogP contribution in [-0.2, 0) is 0 Å². The first-order valence-corrected chi connectivity index (χ1v) is 20.9. The van der Waals surface area contributed by atoms with Crippen LogP contribution in [0.5, 0.6) is 0 Å². The highest BCUT2D eigenvalue weighted by Gasteiger charge is 2.27. The predicted molar refractivity (Wildman–Crippen MR) is 252 cm³/mol. The van der Waals surface area contributed by atoms with E-state index in [-0.39, 0.29) is 24.2 Å². The lowest BCUT2D eigenvalue weighted by Gasteiger charge is -2.34. The fraction of sp³-hybridized carbons (Fsp3) is 0.0926. The molecule has 6 heterocycles. The molecule has 6 nitrogen and oxygen atoms in total. The number of hydrogen-bond donors (Lipinski definition) is 5. The van der Waals surface area contributed by atoms with Gasteiger partial charge in [-0.05, 0) is 68.3 Å². The molecule has 0 saturated heterocycles. The van der Waals surface area contributed by atoms with E-state index in [1.807, 2.05) is 0 Å². The number of benzene rings is 5. The molecule has 0 bridgehead atoms. The molecule has 0 spiro atoms. The second-order valence-corrected chi connectivity index (χ2v) is 16.2. The molecule has 12 rings (SSSR count). The quantitative estimate of drug-likeness (QED) is 0.120. The second-order valence-electron chi connectivity index (χ2n) is 16.2. The maximum Gasteiger partial charge on any atom is 0.0947 e. The van der Waals surface area contributed by atoms with E-state index in [0.29, 0.717) is 0 Å². The van der Waals surface area contributed by atoms with E-state index in [0.717, 1.165) is 56.9 Å². The van der Waals surface area contributed by atoms with Gasteiger partial charge in [-0.15, -0.1) is 0 Å². The maximum atomic E-state index is 5.23. The maximum absolute atomic E-state index is 5.23. The van der Waals surface area contributed by atoms with Crippen molar-refractivity contribution in [3.63, 3.8) is 0 Å². The first-order valence-electron chi connectivity index (χ1n) is 20.9. The second kappa shape index (κ2) is 14.1. The van der Waals surface area contributed by atoms with Gasteiger partial charge in [-0.2, -0.15) is 0 Å². The van der Waals surface area contributed by atoms with Crippen LogP contribution in [0.4, 0.5) is 22.7 Å². The first-order chi connectivity index (χ1) is 29.7. The van der Waals surface area contributed by atoms with Crippen molar-refractivity contribution in [3.05, 3.63) is 208 Å². The van der Waals surface area contributed by atoms with E-state index < -0.39 is 0 Å². The van der Waals surface area contributed by atoms with Crippen molar-refractivity contribution in [2.45, 2.75) is 24.2 Å². The number of aromatic nitrogens is 1. The highest BCUT2D eigenvalue weighted by molar-refractivity contribution is 5.98. The topological polar surface area (TPSA) is 73.0 Å². The molecule has 6 aromatic rings. The van der Waals surface area contributed by atoms with Crippen LogP contribution in [0.25, 0.3) is 57.7 Å². The van der Waals surface area contributed by atoms with Crippen LogP contribution >= 0.6 is 0 Å². The van der Waals surface area contributed by atoms with E-state index in [9.17, 15) is 0 Å². The standard InChI is InChI=1S/C54H42N6/c1-2-5-34(6-3-1)44-26-22-40-16-17-41-23-27-45(59-54(41)53(40)58-44)35-10-8-33(9-11-35)42-18-12-36-20-25-46(56-49(36)31-42)43-19-13-37-21-28-47(57-50(37)32-43)48-29-24-39-15-14-38-7-4-30-55-51(38)52(39)60-48/h1-29,31-32,44,47-49,55-58,60H,30H2. The molecule has 5 aliphatic heterocycles. The summed E-state index contributed by atoms with van der Waals surface area (Å²) in [7, 11) is 0. The predicted octanol–water partition coefficient (Wildman–Crippen LogP) is 11.7. The lowest BCUT2D eigenvalue weighted by molar-refractivity contribution is 0.786. The Kier molecular flexibility index (Phi) is 8.08. The van der Waals surface area contributed by atoms with Gasteiger partial charge < -0.3 is 26.6 Å². The lowest BCUT2D eigenvalue weighted by atomic mass is 9.89. The molecule has 0 fully saturated rings. The Bertz CT molecular complexity index is 3000. The van der Waals surface area contributed by atoms with Crippen molar-refractivity contribution in [3.8, 4) is 11.3 Å². The number of rotatable bonds is 5. The zero-order chi connectivity index (χ0) is 39.6. The smallest absolute Gasteiger partial charge is 0.0947 e. The van der Waals surface area contributed by atoms with Crippen LogP contribution < -0.4 is 26.6 Å². The molecular formula is C54H42N6. The molecule has 5 aromatic carbocycles. The van der Waals surface area contributed by atoms with Crippen molar-refractivity contribution < 1.29 is 0 Å². The van der Waals surface area contributed by atoms with E-state index in [2.05, 4.69) is 215 Å². The number of nitrogens with one attached hydrogen (secondary N) is 5. The van der Waals surface area contributed by atoms with Gasteiger partial charge in [0.1, 0.15) is 0 Å². The summed E-state index contributed by atoms with van der Waals surface area (Å²) in [4.78, 5) is 5.23. The molecule has 4 atom stereocenters. The van der Waals surface area contributed by atoms with Gasteiger partial charge in [0.15, 0.2) is 0 Å². The Hall–Kier alpha value is -7.57. The molecule has 0 saturated carbocycles. The highest BCUT2D eigenvalue weighted by atomic mass is 15.1. The third-order valence-corrected chi connectivity index (χ3v) is 12.6. The Labute approximate surface area is 349 Å². The summed E-state index contributed by atoms with van der Waals surface area (Å²) in [5, 5.41) is 20.0. The summed E-state index contributed by atoms with van der Waals surface area (Å²) in [5.74, 6) is 0. The largest absolute Gasteiger partial charge is 0.379 e. The van der Waals surface area contributed by atoms with Crippen LogP contribution in [0.3, 0.4) is 0 Å². The third kappa shape index (κ3) is 6.07. The summed E-state index contributed by atoms with van der Waals surface area (Å²) in [6.45, 7) is 0.846. The van der Waals surface area contributed by atoms with Gasteiger partial charge in [0.2, 0.25) is 0 Å². The monoisotopic (exact) mass is 774 g/mol. The number of anilines is 4. The average Bonchev–Trinajstić information content (AvgIpc) is 3.33. The summed E-state index contributed by atoms with van der Waals surface area (Å²) >= 11 is 0. The fourth-order valence-corrected chi connectivity index (χ4v) is 9.30. The van der Waals surface area contributed by atoms with Gasteiger partial charge in [0.05, 0.1) is 52.4 Å². The van der Waals surface area contributed by atoms with Gasteiger partial charge in [0.25, 0.3) is 0 Å². The van der Waals surface area contributed by atoms with Gasteiger partial charge in [-0.1, -0.05) is 170 Å². The molecule has 6 aliphatic rings. The van der Waals surface area contributed by atoms with Crippen molar-refractivity contribution in [1.29, 1.82) is 0 Å². The Morgan fingerprint density at radius 1 is 0.517 bits per heavy atom. The molecule has 0 amide bonds. The molecule has 0 radical (unpaired) electrons. The molecule has 4 unspecified atom stereocenters. The first kappa shape index (κ1) is 34.5. The minimum absolute atomic E-state index is 0.0712. The zero-order valence-corrected chi connectivity index (χ0v) is 32.9. The van der Waals surface area contributed by atoms with E-state index in [1.54, 1.807) is 0 Å². The van der Waals surface area contributed by atoms with Crippen LogP contribution in [0, 0.1) is 0 Å². The summed E-state index contributed by atoms with van der Waals surface area (Å²) in [5.41, 5.74) is 19.6. The number of pyridine rings is 1. The summed E-state index contributed by atoms with van der Waals surface area (Å²) in [6, 6.07) is 39.6. The molecule has 1 aliphatic carbocycles. The normalized spacial score (nSPS) is 21.2. The Morgan fingerprint density at radius 2 is 1.25 bits per heavy atom. The van der Waals surface area contributed by atoms with Gasteiger partial charge >= 0.3 is 0 Å². The van der Waals surface area contributed by atoms with Crippen LogP contribution in [0.2, 0.25) is 0 Å². The number of fused-ring (bicyclic) bond motifs is 8. The minimum atomic E-state index is 0.0712. The summed E-state index contributed by atoms with van der Waals surface area (Å²) in [6.07, 6.45) is 29.1. The van der Waals surface area contributed by atoms with E-state index in [4.69, 9.17) is 4.98 Å². The van der Waals surface area contributed by atoms with Crippen molar-refractivity contribution in [2.75, 3.05) is 27.8 Å².